The van der Waals surface area contributed by atoms with Crippen molar-refractivity contribution in [1.82, 2.24) is 0 Å². The summed E-state index contributed by atoms with van der Waals surface area (Å²) in [6.45, 7) is 2.15. The SMILES string of the molecule is Cc1ccc(C2CC(c3ccccc3)Sc3ccccc32)cc1. The fourth-order valence-electron chi connectivity index (χ4n) is 3.40. The van der Waals surface area contributed by atoms with Gasteiger partial charge in [0.25, 0.3) is 0 Å². The minimum atomic E-state index is 0.484. The first-order valence-electron chi connectivity index (χ1n) is 8.18. The van der Waals surface area contributed by atoms with Crippen molar-refractivity contribution >= 4 is 11.8 Å². The van der Waals surface area contributed by atoms with Crippen molar-refractivity contribution in [2.45, 2.75) is 29.4 Å². The van der Waals surface area contributed by atoms with Crippen molar-refractivity contribution in [2.24, 2.45) is 0 Å². The van der Waals surface area contributed by atoms with Crippen molar-refractivity contribution < 1.29 is 0 Å². The van der Waals surface area contributed by atoms with E-state index in [0.29, 0.717) is 11.2 Å². The summed E-state index contributed by atoms with van der Waals surface area (Å²) in [6.07, 6.45) is 1.16. The third-order valence-electron chi connectivity index (χ3n) is 4.66. The average Bonchev–Trinajstić information content (AvgIpc) is 2.62. The van der Waals surface area contributed by atoms with E-state index in [4.69, 9.17) is 0 Å². The molecule has 2 atom stereocenters. The third-order valence-corrected chi connectivity index (χ3v) is 6.04. The van der Waals surface area contributed by atoms with Gasteiger partial charge in [-0.05, 0) is 36.1 Å². The Labute approximate surface area is 142 Å². The largest absolute Gasteiger partial charge is 0.118 e. The van der Waals surface area contributed by atoms with Gasteiger partial charge >= 0.3 is 0 Å². The van der Waals surface area contributed by atoms with E-state index in [-0.39, 0.29) is 0 Å². The van der Waals surface area contributed by atoms with Crippen LogP contribution >= 0.6 is 11.8 Å². The predicted molar refractivity (Wildman–Crippen MR) is 99.1 cm³/mol. The van der Waals surface area contributed by atoms with E-state index >= 15 is 0 Å². The van der Waals surface area contributed by atoms with Crippen LogP contribution in [0.15, 0.2) is 83.8 Å². The van der Waals surface area contributed by atoms with Crippen molar-refractivity contribution in [3.63, 3.8) is 0 Å². The van der Waals surface area contributed by atoms with Crippen LogP contribution in [0.3, 0.4) is 0 Å². The third kappa shape index (κ3) is 2.94. The Bertz CT molecular complexity index is 790. The molecule has 0 bridgehead atoms. The van der Waals surface area contributed by atoms with Crippen LogP contribution in [0, 0.1) is 6.92 Å². The molecule has 3 aromatic rings. The van der Waals surface area contributed by atoms with E-state index < -0.39 is 0 Å². The first-order valence-corrected chi connectivity index (χ1v) is 9.06. The van der Waals surface area contributed by atoms with Crippen LogP contribution in [0.25, 0.3) is 0 Å². The molecule has 1 heterocycles. The van der Waals surface area contributed by atoms with E-state index in [9.17, 15) is 0 Å². The van der Waals surface area contributed by atoms with Crippen LogP contribution in [-0.4, -0.2) is 0 Å². The van der Waals surface area contributed by atoms with E-state index in [2.05, 4.69) is 85.8 Å². The van der Waals surface area contributed by atoms with E-state index in [1.54, 1.807) is 0 Å². The van der Waals surface area contributed by atoms with Gasteiger partial charge < -0.3 is 0 Å². The molecule has 2 unspecified atom stereocenters. The summed E-state index contributed by atoms with van der Waals surface area (Å²) < 4.78 is 0. The monoisotopic (exact) mass is 316 g/mol. The van der Waals surface area contributed by atoms with Gasteiger partial charge in [-0.3, -0.25) is 0 Å². The normalized spacial score (nSPS) is 20.0. The highest BCUT2D eigenvalue weighted by Crippen LogP contribution is 2.51. The molecule has 0 radical (unpaired) electrons. The second kappa shape index (κ2) is 6.25. The zero-order valence-electron chi connectivity index (χ0n) is 13.3. The van der Waals surface area contributed by atoms with Crippen LogP contribution in [0.1, 0.15) is 39.8 Å². The maximum absolute atomic E-state index is 2.30. The average molecular weight is 316 g/mol. The molecule has 0 aromatic heterocycles. The summed E-state index contributed by atoms with van der Waals surface area (Å²) in [5.74, 6) is 0.484. The van der Waals surface area contributed by atoms with Gasteiger partial charge in [0, 0.05) is 16.1 Å². The van der Waals surface area contributed by atoms with Crippen LogP contribution in [0.5, 0.6) is 0 Å². The number of aryl methyl sites for hydroxylation is 1. The smallest absolute Gasteiger partial charge is 0.0353 e. The summed E-state index contributed by atoms with van der Waals surface area (Å²) in [6, 6.07) is 28.9. The van der Waals surface area contributed by atoms with Crippen molar-refractivity contribution in [2.75, 3.05) is 0 Å². The summed E-state index contributed by atoms with van der Waals surface area (Å²) in [5, 5.41) is 0.525. The molecule has 0 amide bonds. The predicted octanol–water partition coefficient (Wildman–Crippen LogP) is 6.36. The van der Waals surface area contributed by atoms with Gasteiger partial charge in [0.05, 0.1) is 0 Å². The molecule has 1 aliphatic rings. The Hall–Kier alpha value is -1.99. The first-order chi connectivity index (χ1) is 11.3. The summed E-state index contributed by atoms with van der Waals surface area (Å²) >= 11 is 2.01. The van der Waals surface area contributed by atoms with Crippen molar-refractivity contribution in [3.05, 3.63) is 101 Å². The summed E-state index contributed by atoms with van der Waals surface area (Å²) in [7, 11) is 0. The molecule has 114 valence electrons. The lowest BCUT2D eigenvalue weighted by atomic mass is 9.85. The Morgan fingerprint density at radius 1 is 0.739 bits per heavy atom. The topological polar surface area (TPSA) is 0 Å². The molecule has 0 fully saturated rings. The second-order valence-electron chi connectivity index (χ2n) is 6.25. The molecule has 23 heavy (non-hydrogen) atoms. The Kier molecular flexibility index (Phi) is 3.97. The first kappa shape index (κ1) is 14.6. The molecule has 3 aromatic carbocycles. The van der Waals surface area contributed by atoms with Crippen LogP contribution in [0.2, 0.25) is 0 Å². The van der Waals surface area contributed by atoms with Crippen molar-refractivity contribution in [3.8, 4) is 0 Å². The molecular weight excluding hydrogens is 296 g/mol. The Morgan fingerprint density at radius 2 is 1.43 bits per heavy atom. The fraction of sp³-hybridized carbons (Fsp3) is 0.182. The number of benzene rings is 3. The van der Waals surface area contributed by atoms with Gasteiger partial charge in [0.1, 0.15) is 0 Å². The van der Waals surface area contributed by atoms with Crippen LogP contribution in [0.4, 0.5) is 0 Å². The highest BCUT2D eigenvalue weighted by molar-refractivity contribution is 7.99. The maximum Gasteiger partial charge on any atom is 0.0353 e. The van der Waals surface area contributed by atoms with Gasteiger partial charge in [-0.2, -0.15) is 0 Å². The number of hydrogen-bond donors (Lipinski definition) is 0. The Morgan fingerprint density at radius 3 is 2.22 bits per heavy atom. The molecular formula is C22H20S. The molecule has 4 rings (SSSR count). The van der Waals surface area contributed by atoms with E-state index in [0.717, 1.165) is 6.42 Å². The number of thioether (sulfide) groups is 1. The molecule has 0 saturated heterocycles. The maximum atomic E-state index is 2.30. The number of hydrogen-bond acceptors (Lipinski definition) is 1. The quantitative estimate of drug-likeness (QED) is 0.530. The molecule has 1 aliphatic heterocycles. The van der Waals surface area contributed by atoms with E-state index in [1.807, 2.05) is 11.8 Å². The fourth-order valence-corrected chi connectivity index (χ4v) is 4.80. The standard InChI is InChI=1S/C22H20S/c1-16-11-13-17(14-12-16)20-15-22(18-7-3-2-4-8-18)23-21-10-6-5-9-19(20)21/h2-14,20,22H,15H2,1H3. The zero-order valence-corrected chi connectivity index (χ0v) is 14.1. The van der Waals surface area contributed by atoms with Gasteiger partial charge in [0.2, 0.25) is 0 Å². The molecule has 0 N–H and O–H groups in total. The summed E-state index contributed by atoms with van der Waals surface area (Å²) in [5.41, 5.74) is 5.67. The molecule has 0 nitrogen and oxygen atoms in total. The lowest BCUT2D eigenvalue weighted by Gasteiger charge is -2.32. The number of fused-ring (bicyclic) bond motifs is 1. The van der Waals surface area contributed by atoms with Crippen molar-refractivity contribution in [1.29, 1.82) is 0 Å². The molecule has 0 spiro atoms. The Balaban J connectivity index is 1.76. The second-order valence-corrected chi connectivity index (χ2v) is 7.50. The van der Waals surface area contributed by atoms with Gasteiger partial charge in [-0.25, -0.2) is 0 Å². The highest BCUT2D eigenvalue weighted by atomic mass is 32.2. The zero-order chi connectivity index (χ0) is 15.6. The molecule has 0 saturated carbocycles. The number of rotatable bonds is 2. The van der Waals surface area contributed by atoms with Gasteiger partial charge in [-0.1, -0.05) is 78.4 Å². The van der Waals surface area contributed by atoms with Gasteiger partial charge in [-0.15, -0.1) is 11.8 Å². The van der Waals surface area contributed by atoms with E-state index in [1.165, 1.54) is 27.1 Å². The van der Waals surface area contributed by atoms with Gasteiger partial charge in [0.15, 0.2) is 0 Å². The van der Waals surface area contributed by atoms with Crippen LogP contribution < -0.4 is 0 Å². The minimum Gasteiger partial charge on any atom is -0.118 e. The lowest BCUT2D eigenvalue weighted by Crippen LogP contribution is -2.12. The molecule has 1 heteroatoms. The molecule has 0 aliphatic carbocycles. The highest BCUT2D eigenvalue weighted by Gasteiger charge is 2.29. The summed E-state index contributed by atoms with van der Waals surface area (Å²) in [4.78, 5) is 1.43. The minimum absolute atomic E-state index is 0.484. The lowest BCUT2D eigenvalue weighted by molar-refractivity contribution is 0.676. The van der Waals surface area contributed by atoms with Crippen LogP contribution in [-0.2, 0) is 0 Å².